The van der Waals surface area contributed by atoms with Gasteiger partial charge in [0.05, 0.1) is 5.69 Å². The van der Waals surface area contributed by atoms with Gasteiger partial charge in [-0.05, 0) is 147 Å². The van der Waals surface area contributed by atoms with Crippen LogP contribution in [0.1, 0.15) is 103 Å². The Morgan fingerprint density at radius 1 is 0.569 bits per heavy atom. The van der Waals surface area contributed by atoms with Gasteiger partial charge in [0.2, 0.25) is 5.88 Å². The van der Waals surface area contributed by atoms with E-state index in [2.05, 4.69) is 199 Å². The highest BCUT2D eigenvalue weighted by molar-refractivity contribution is 7.33. The molecule has 0 amide bonds. The van der Waals surface area contributed by atoms with Gasteiger partial charge < -0.3 is 9.64 Å². The van der Waals surface area contributed by atoms with Crippen molar-refractivity contribution in [3.63, 3.8) is 0 Å². The van der Waals surface area contributed by atoms with Gasteiger partial charge in [0.1, 0.15) is 17.9 Å². The van der Waals surface area contributed by atoms with Crippen LogP contribution in [0, 0.1) is 0 Å². The highest BCUT2D eigenvalue weighted by Crippen LogP contribution is 2.52. The van der Waals surface area contributed by atoms with Gasteiger partial charge >= 0.3 is 0 Å². The molecule has 0 fully saturated rings. The standard InChI is InChI=1S/C58H55BN4OS/c1-55(2)27-29-57(5,6)45-33-40(20-23-43(45)55)62(41-21-24-44-46(34-41)58(7,8)30-28-56(44,3)4)39-22-26-49-42(32-39)51-52(65-49)59-47-25-19-37(36-15-11-9-12-16-36)31-48(47)64-54-50(59)53(60-35-61-54)63(51)38-17-13-10-14-18-38/h9-26,31-35H,27-30H2,1-8H3. The van der Waals surface area contributed by atoms with Gasteiger partial charge in [0.15, 0.2) is 0 Å². The molecule has 0 spiro atoms. The molecule has 4 heterocycles. The Balaban J connectivity index is 1.10. The molecule has 0 N–H and O–H groups in total. The minimum absolute atomic E-state index is 0.0664. The van der Waals surface area contributed by atoms with Gasteiger partial charge in [0, 0.05) is 43.1 Å². The van der Waals surface area contributed by atoms with Crippen LogP contribution in [0.15, 0.2) is 140 Å². The number of anilines is 6. The summed E-state index contributed by atoms with van der Waals surface area (Å²) >= 11 is 1.88. The summed E-state index contributed by atoms with van der Waals surface area (Å²) in [5, 5.41) is 1.20. The first-order valence-electron chi connectivity index (χ1n) is 23.4. The summed E-state index contributed by atoms with van der Waals surface area (Å²) in [6.45, 7) is 19.3. The molecule has 0 unspecified atom stereocenters. The maximum atomic E-state index is 6.76. The van der Waals surface area contributed by atoms with Crippen LogP contribution in [0.2, 0.25) is 0 Å². The maximum absolute atomic E-state index is 6.76. The summed E-state index contributed by atoms with van der Waals surface area (Å²) < 4.78 is 9.26. The second-order valence-corrected chi connectivity index (χ2v) is 22.7. The zero-order valence-corrected chi connectivity index (χ0v) is 39.6. The molecule has 322 valence electrons. The number of fused-ring (bicyclic) bond motifs is 8. The number of hydrogen-bond acceptors (Lipinski definition) is 6. The van der Waals surface area contributed by atoms with E-state index >= 15 is 0 Å². The van der Waals surface area contributed by atoms with E-state index in [9.17, 15) is 0 Å². The minimum Gasteiger partial charge on any atom is -0.440 e. The fraction of sp³-hybridized carbons (Fsp3) is 0.276. The van der Waals surface area contributed by atoms with Gasteiger partial charge in [-0.2, -0.15) is 0 Å². The Hall–Kier alpha value is -6.18. The normalized spacial score (nSPS) is 17.8. The first-order chi connectivity index (χ1) is 31.2. The highest BCUT2D eigenvalue weighted by atomic mass is 32.1. The maximum Gasteiger partial charge on any atom is 0.273 e. The van der Waals surface area contributed by atoms with Crippen molar-refractivity contribution >= 4 is 78.1 Å². The van der Waals surface area contributed by atoms with Crippen molar-refractivity contribution < 1.29 is 4.74 Å². The average Bonchev–Trinajstić information content (AvgIpc) is 3.68. The molecule has 0 saturated heterocycles. The first-order valence-corrected chi connectivity index (χ1v) is 24.2. The van der Waals surface area contributed by atoms with Crippen LogP contribution in [0.25, 0.3) is 21.2 Å². The van der Waals surface area contributed by atoms with E-state index in [-0.39, 0.29) is 28.4 Å². The fourth-order valence-electron chi connectivity index (χ4n) is 11.6. The molecule has 4 aliphatic rings. The number of thiophene rings is 1. The molecule has 6 aromatic carbocycles. The van der Waals surface area contributed by atoms with Gasteiger partial charge in [0.25, 0.3) is 6.71 Å². The number of benzene rings is 6. The van der Waals surface area contributed by atoms with Crippen molar-refractivity contribution in [2.24, 2.45) is 0 Å². The number of nitrogens with zero attached hydrogens (tertiary/aromatic N) is 4. The molecule has 0 atom stereocenters. The van der Waals surface area contributed by atoms with E-state index in [1.165, 1.54) is 67.0 Å². The second kappa shape index (κ2) is 14.2. The molecule has 2 aromatic heterocycles. The Labute approximate surface area is 388 Å². The summed E-state index contributed by atoms with van der Waals surface area (Å²) in [6.07, 6.45) is 6.36. The zero-order valence-electron chi connectivity index (χ0n) is 38.8. The van der Waals surface area contributed by atoms with Gasteiger partial charge in [-0.15, -0.1) is 11.3 Å². The summed E-state index contributed by atoms with van der Waals surface area (Å²) in [6, 6.07) is 49.8. The van der Waals surface area contributed by atoms with Crippen molar-refractivity contribution in [2.75, 3.05) is 9.80 Å². The summed E-state index contributed by atoms with van der Waals surface area (Å²) in [5.41, 5.74) is 16.4. The Bertz CT molecular complexity index is 3140. The molecule has 0 radical (unpaired) electrons. The van der Waals surface area contributed by atoms with Crippen LogP contribution in [0.4, 0.5) is 34.3 Å². The third-order valence-corrected chi connectivity index (χ3v) is 16.8. The van der Waals surface area contributed by atoms with Crippen molar-refractivity contribution in [3.8, 4) is 22.8 Å². The first kappa shape index (κ1) is 40.3. The molecular formula is C58H55BN4OS. The van der Waals surface area contributed by atoms with Crippen LogP contribution in [0.5, 0.6) is 11.6 Å². The topological polar surface area (TPSA) is 41.5 Å². The van der Waals surface area contributed by atoms with E-state index in [1.807, 2.05) is 11.3 Å². The van der Waals surface area contributed by atoms with Gasteiger partial charge in [-0.1, -0.05) is 128 Å². The third kappa shape index (κ3) is 6.25. The number of aromatic nitrogens is 2. The van der Waals surface area contributed by atoms with Gasteiger partial charge in [-0.25, -0.2) is 9.97 Å². The van der Waals surface area contributed by atoms with Crippen molar-refractivity contribution in [1.82, 2.24) is 9.97 Å². The molecule has 8 aromatic rings. The second-order valence-electron chi connectivity index (χ2n) is 21.6. The lowest BCUT2D eigenvalue weighted by atomic mass is 9.37. The monoisotopic (exact) mass is 866 g/mol. The third-order valence-electron chi connectivity index (χ3n) is 15.6. The van der Waals surface area contributed by atoms with Gasteiger partial charge in [-0.3, -0.25) is 4.90 Å². The Kier molecular flexibility index (Phi) is 8.79. The van der Waals surface area contributed by atoms with E-state index in [4.69, 9.17) is 14.7 Å². The summed E-state index contributed by atoms with van der Waals surface area (Å²) in [4.78, 5) is 14.8. The largest absolute Gasteiger partial charge is 0.440 e. The van der Waals surface area contributed by atoms with Crippen LogP contribution in [0.3, 0.4) is 0 Å². The van der Waals surface area contributed by atoms with Crippen LogP contribution < -0.4 is 30.2 Å². The van der Waals surface area contributed by atoms with E-state index in [0.29, 0.717) is 5.88 Å². The molecule has 2 aliphatic carbocycles. The SMILES string of the molecule is CC1(C)CCC(C)(C)c2cc(N(c3ccc4c(c3)C(C)(C)CCC4(C)C)c3ccc4sc5c(c4c3)N(c3ccccc3)c3ncnc4c3B5c3ccc(-c5ccccc5)cc3O4)ccc21. The predicted molar refractivity (Wildman–Crippen MR) is 274 cm³/mol. The van der Waals surface area contributed by atoms with E-state index in [1.54, 1.807) is 6.33 Å². The lowest BCUT2D eigenvalue weighted by molar-refractivity contribution is 0.332. The Morgan fingerprint density at radius 3 is 1.77 bits per heavy atom. The molecular weight excluding hydrogens is 812 g/mol. The van der Waals surface area contributed by atoms with E-state index < -0.39 is 0 Å². The molecule has 5 nitrogen and oxygen atoms in total. The molecule has 0 bridgehead atoms. The van der Waals surface area contributed by atoms with E-state index in [0.717, 1.165) is 57.8 Å². The summed E-state index contributed by atoms with van der Waals surface area (Å²) in [5.74, 6) is 2.32. The van der Waals surface area contributed by atoms with Crippen molar-refractivity contribution in [3.05, 3.63) is 162 Å². The number of hydrogen-bond donors (Lipinski definition) is 0. The molecule has 65 heavy (non-hydrogen) atoms. The van der Waals surface area contributed by atoms with Crippen LogP contribution in [-0.4, -0.2) is 16.7 Å². The predicted octanol–water partition coefficient (Wildman–Crippen LogP) is 13.9. The molecule has 2 aliphatic heterocycles. The number of rotatable bonds is 5. The van der Waals surface area contributed by atoms with Crippen molar-refractivity contribution in [1.29, 1.82) is 0 Å². The summed E-state index contributed by atoms with van der Waals surface area (Å²) in [7, 11) is 0. The number of para-hydroxylation sites is 1. The number of ether oxygens (including phenoxy) is 1. The molecule has 12 rings (SSSR count). The fourth-order valence-corrected chi connectivity index (χ4v) is 12.9. The lowest BCUT2D eigenvalue weighted by Gasteiger charge is -2.43. The van der Waals surface area contributed by atoms with Crippen molar-refractivity contribution in [2.45, 2.75) is 103 Å². The minimum atomic E-state index is -0.0980. The molecule has 7 heteroatoms. The highest BCUT2D eigenvalue weighted by Gasteiger charge is 2.46. The quantitative estimate of drug-likeness (QED) is 0.161. The lowest BCUT2D eigenvalue weighted by Crippen LogP contribution is -2.59. The molecule has 0 saturated carbocycles. The van der Waals surface area contributed by atoms with Crippen LogP contribution in [-0.2, 0) is 21.7 Å². The smallest absolute Gasteiger partial charge is 0.273 e. The average molecular weight is 867 g/mol. The van der Waals surface area contributed by atoms with Crippen LogP contribution >= 0.6 is 11.3 Å². The zero-order chi connectivity index (χ0) is 44.6. The Morgan fingerprint density at radius 2 is 1.14 bits per heavy atom.